The van der Waals surface area contributed by atoms with Crippen LogP contribution in [0.1, 0.15) is 67.7 Å². The third kappa shape index (κ3) is 8.41. The van der Waals surface area contributed by atoms with Gasteiger partial charge in [-0.15, -0.1) is 0 Å². The number of aromatic nitrogens is 1. The lowest BCUT2D eigenvalue weighted by atomic mass is 10.0. The van der Waals surface area contributed by atoms with Gasteiger partial charge >= 0.3 is 18.1 Å². The summed E-state index contributed by atoms with van der Waals surface area (Å²) in [7, 11) is 1.27. The fourth-order valence-corrected chi connectivity index (χ4v) is 4.51. The Morgan fingerprint density at radius 1 is 0.867 bits per heavy atom. The number of rotatable bonds is 10. The zero-order valence-electron chi connectivity index (χ0n) is 24.7. The van der Waals surface area contributed by atoms with E-state index in [0.29, 0.717) is 29.7 Å². The lowest BCUT2D eigenvalue weighted by Gasteiger charge is -2.14. The molecule has 4 aromatic rings. The number of esters is 2. The number of carbonyl (C=O) groups excluding carboxylic acids is 4. The number of hydrogen-bond acceptors (Lipinski definition) is 7. The van der Waals surface area contributed by atoms with E-state index in [2.05, 4.69) is 15.0 Å². The van der Waals surface area contributed by atoms with Crippen molar-refractivity contribution in [2.45, 2.75) is 39.3 Å². The number of methoxy groups -OCH3 is 1. The number of amides is 1. The second-order valence-electron chi connectivity index (χ2n) is 10.2. The molecular weight excluding hydrogens is 589 g/mol. The number of pyridine rings is 1. The predicted octanol–water partition coefficient (Wildman–Crippen LogP) is 7.25. The van der Waals surface area contributed by atoms with Crippen LogP contribution in [0, 0.1) is 6.92 Å². The Hall–Kier alpha value is -5.32. The Kier molecular flexibility index (Phi) is 10.1. The minimum atomic E-state index is -4.50. The SMILES string of the molecule is COC(=O)c1ccc(OC(=O)CCCc2ccc(NC(=O)c3ccc(C)nc3-c3ccc(C(F)(F)F)cc3)c(C(C)=O)c2)cc1. The van der Waals surface area contributed by atoms with Gasteiger partial charge in [0.25, 0.3) is 5.91 Å². The molecule has 0 spiro atoms. The maximum absolute atomic E-state index is 13.4. The number of nitrogens with one attached hydrogen (secondary N) is 1. The topological polar surface area (TPSA) is 112 Å². The second kappa shape index (κ2) is 14.0. The Bertz CT molecular complexity index is 1730. The molecule has 0 aliphatic carbocycles. The number of carbonyl (C=O) groups is 4. The van der Waals surface area contributed by atoms with Crippen LogP contribution in [0.2, 0.25) is 0 Å². The predicted molar refractivity (Wildman–Crippen MR) is 160 cm³/mol. The van der Waals surface area contributed by atoms with Crippen LogP contribution in [-0.4, -0.2) is 35.7 Å². The number of halogens is 3. The molecule has 0 fully saturated rings. The fourth-order valence-electron chi connectivity index (χ4n) is 4.51. The quantitative estimate of drug-likeness (QED) is 0.113. The molecule has 11 heteroatoms. The normalized spacial score (nSPS) is 11.1. The van der Waals surface area contributed by atoms with E-state index in [4.69, 9.17) is 4.74 Å². The Morgan fingerprint density at radius 3 is 2.18 bits per heavy atom. The molecule has 1 aromatic heterocycles. The largest absolute Gasteiger partial charge is 0.465 e. The first kappa shape index (κ1) is 32.6. The summed E-state index contributed by atoms with van der Waals surface area (Å²) >= 11 is 0. The lowest BCUT2D eigenvalue weighted by molar-refractivity contribution is -0.137. The average molecular weight is 619 g/mol. The molecule has 232 valence electrons. The zero-order chi connectivity index (χ0) is 32.7. The number of ether oxygens (including phenoxy) is 2. The van der Waals surface area contributed by atoms with Crippen molar-refractivity contribution in [1.82, 2.24) is 4.98 Å². The van der Waals surface area contributed by atoms with Crippen molar-refractivity contribution >= 4 is 29.3 Å². The number of benzene rings is 3. The van der Waals surface area contributed by atoms with E-state index in [9.17, 15) is 32.3 Å². The smallest absolute Gasteiger partial charge is 0.416 e. The molecule has 3 aromatic carbocycles. The Labute approximate surface area is 257 Å². The van der Waals surface area contributed by atoms with Gasteiger partial charge in [0.05, 0.1) is 35.2 Å². The molecule has 0 aliphatic heterocycles. The molecule has 0 unspecified atom stereocenters. The highest BCUT2D eigenvalue weighted by Gasteiger charge is 2.30. The van der Waals surface area contributed by atoms with Gasteiger partial charge in [-0.3, -0.25) is 19.4 Å². The molecule has 1 heterocycles. The van der Waals surface area contributed by atoms with E-state index in [0.717, 1.165) is 17.7 Å². The van der Waals surface area contributed by atoms with Crippen molar-refractivity contribution in [2.24, 2.45) is 0 Å². The van der Waals surface area contributed by atoms with E-state index in [1.165, 1.54) is 56.5 Å². The molecule has 0 bridgehead atoms. The number of Topliss-reactive ketones (excluding diaryl/α,β-unsaturated/α-hetero) is 1. The highest BCUT2D eigenvalue weighted by molar-refractivity contribution is 6.11. The Morgan fingerprint density at radius 2 is 1.56 bits per heavy atom. The van der Waals surface area contributed by atoms with Gasteiger partial charge in [0.15, 0.2) is 5.78 Å². The first-order valence-corrected chi connectivity index (χ1v) is 13.8. The van der Waals surface area contributed by atoms with Gasteiger partial charge in [0.2, 0.25) is 0 Å². The zero-order valence-corrected chi connectivity index (χ0v) is 24.7. The molecule has 1 N–H and O–H groups in total. The van der Waals surface area contributed by atoms with E-state index in [-0.39, 0.29) is 40.5 Å². The minimum Gasteiger partial charge on any atom is -0.465 e. The summed E-state index contributed by atoms with van der Waals surface area (Å²) in [6.07, 6.45) is -3.53. The van der Waals surface area contributed by atoms with Gasteiger partial charge in [0, 0.05) is 23.2 Å². The number of ketones is 1. The van der Waals surface area contributed by atoms with Crippen molar-refractivity contribution < 1.29 is 41.8 Å². The second-order valence-corrected chi connectivity index (χ2v) is 10.2. The lowest BCUT2D eigenvalue weighted by Crippen LogP contribution is -2.16. The molecule has 0 saturated carbocycles. The summed E-state index contributed by atoms with van der Waals surface area (Å²) in [5.41, 5.74) is 2.00. The maximum Gasteiger partial charge on any atom is 0.416 e. The van der Waals surface area contributed by atoms with Crippen LogP contribution in [0.5, 0.6) is 5.75 Å². The van der Waals surface area contributed by atoms with Crippen LogP contribution in [0.15, 0.2) is 78.9 Å². The first-order valence-electron chi connectivity index (χ1n) is 13.8. The summed E-state index contributed by atoms with van der Waals surface area (Å²) in [5.74, 6) is -1.57. The van der Waals surface area contributed by atoms with Crippen molar-refractivity contribution in [3.8, 4) is 17.0 Å². The summed E-state index contributed by atoms with van der Waals surface area (Å²) in [4.78, 5) is 54.1. The molecule has 45 heavy (non-hydrogen) atoms. The highest BCUT2D eigenvalue weighted by Crippen LogP contribution is 2.32. The standard InChI is InChI=1S/C34H29F3N2O6/c1-20-7-17-27(31(38-20)23-9-13-25(14-10-23)34(35,36)37)32(42)39-29-18-8-22(19-28(29)21(2)40)5-4-6-30(41)45-26-15-11-24(12-16-26)33(43)44-3/h7-19H,4-6H2,1-3H3,(H,39,42). The summed E-state index contributed by atoms with van der Waals surface area (Å²) in [6.45, 7) is 3.06. The van der Waals surface area contributed by atoms with Gasteiger partial charge in [0.1, 0.15) is 5.75 Å². The van der Waals surface area contributed by atoms with E-state index < -0.39 is 29.6 Å². The maximum atomic E-state index is 13.4. The van der Waals surface area contributed by atoms with E-state index in [1.54, 1.807) is 31.2 Å². The molecule has 0 aliphatic rings. The summed E-state index contributed by atoms with van der Waals surface area (Å²) < 4.78 is 49.1. The first-order chi connectivity index (χ1) is 21.3. The van der Waals surface area contributed by atoms with Crippen molar-refractivity contribution in [3.63, 3.8) is 0 Å². The van der Waals surface area contributed by atoms with Gasteiger partial charge in [-0.05, 0) is 92.9 Å². The average Bonchev–Trinajstić information content (AvgIpc) is 3.01. The van der Waals surface area contributed by atoms with Crippen molar-refractivity contribution in [2.75, 3.05) is 12.4 Å². The van der Waals surface area contributed by atoms with Crippen molar-refractivity contribution in [1.29, 1.82) is 0 Å². The van der Waals surface area contributed by atoms with Crippen LogP contribution in [0.25, 0.3) is 11.3 Å². The molecular formula is C34H29F3N2O6. The van der Waals surface area contributed by atoms with Crippen LogP contribution in [0.4, 0.5) is 18.9 Å². The third-order valence-corrected chi connectivity index (χ3v) is 6.83. The summed E-state index contributed by atoms with van der Waals surface area (Å²) in [5, 5.41) is 2.73. The van der Waals surface area contributed by atoms with Crippen LogP contribution in [0.3, 0.4) is 0 Å². The van der Waals surface area contributed by atoms with Crippen LogP contribution >= 0.6 is 0 Å². The Balaban J connectivity index is 1.43. The molecule has 0 radical (unpaired) electrons. The number of aryl methyl sites for hydroxylation is 2. The fraction of sp³-hybridized carbons (Fsp3) is 0.206. The van der Waals surface area contributed by atoms with Crippen molar-refractivity contribution in [3.05, 3.63) is 112 Å². The van der Waals surface area contributed by atoms with E-state index >= 15 is 0 Å². The van der Waals surface area contributed by atoms with Gasteiger partial charge in [-0.1, -0.05) is 18.2 Å². The number of nitrogens with zero attached hydrogens (tertiary/aromatic N) is 1. The van der Waals surface area contributed by atoms with Crippen LogP contribution < -0.4 is 10.1 Å². The van der Waals surface area contributed by atoms with Gasteiger partial charge in [-0.2, -0.15) is 13.2 Å². The highest BCUT2D eigenvalue weighted by atomic mass is 19.4. The summed E-state index contributed by atoms with van der Waals surface area (Å²) in [6, 6.07) is 18.4. The molecule has 8 nitrogen and oxygen atoms in total. The molecule has 0 saturated heterocycles. The van der Waals surface area contributed by atoms with Gasteiger partial charge < -0.3 is 14.8 Å². The molecule has 1 amide bonds. The minimum absolute atomic E-state index is 0.0970. The number of alkyl halides is 3. The molecule has 0 atom stereocenters. The molecule has 4 rings (SSSR count). The monoisotopic (exact) mass is 618 g/mol. The van der Waals surface area contributed by atoms with E-state index in [1.807, 2.05) is 0 Å². The van der Waals surface area contributed by atoms with Gasteiger partial charge in [-0.25, -0.2) is 4.79 Å². The number of anilines is 1. The van der Waals surface area contributed by atoms with Crippen LogP contribution in [-0.2, 0) is 22.1 Å². The number of hydrogen-bond donors (Lipinski definition) is 1. The third-order valence-electron chi connectivity index (χ3n) is 6.83.